The Balaban J connectivity index is 1.42. The maximum absolute atomic E-state index is 12.5. The lowest BCUT2D eigenvalue weighted by Gasteiger charge is -2.41. The van der Waals surface area contributed by atoms with Gasteiger partial charge < -0.3 is 9.64 Å². The molecule has 2 aliphatic heterocycles. The first kappa shape index (κ1) is 18.6. The number of amides is 1. The third-order valence-electron chi connectivity index (χ3n) is 5.29. The predicted molar refractivity (Wildman–Crippen MR) is 98.7 cm³/mol. The summed E-state index contributed by atoms with van der Waals surface area (Å²) >= 11 is 1.43. The van der Waals surface area contributed by atoms with Crippen molar-refractivity contribution in [2.24, 2.45) is 5.92 Å². The van der Waals surface area contributed by atoms with E-state index in [9.17, 15) is 4.79 Å². The number of carbonyl (C=O) groups is 1. The van der Waals surface area contributed by atoms with Gasteiger partial charge in [0.05, 0.1) is 19.0 Å². The zero-order valence-corrected chi connectivity index (χ0v) is 16.0. The van der Waals surface area contributed by atoms with Crippen molar-refractivity contribution < 1.29 is 9.53 Å². The number of carbonyl (C=O) groups excluding carboxylic acids is 1. The van der Waals surface area contributed by atoms with E-state index in [-0.39, 0.29) is 5.91 Å². The van der Waals surface area contributed by atoms with E-state index in [1.165, 1.54) is 11.8 Å². The molecule has 0 N–H and O–H groups in total. The molecule has 2 aliphatic rings. The zero-order valence-electron chi connectivity index (χ0n) is 15.2. The summed E-state index contributed by atoms with van der Waals surface area (Å²) < 4.78 is 5.45. The SMILES string of the molecule is Cc1ccnc(SCC(=O)N2CCC(C(C)N3CCOCC3)CC2)n1. The summed E-state index contributed by atoms with van der Waals surface area (Å²) in [7, 11) is 0. The predicted octanol–water partition coefficient (Wildman–Crippen LogP) is 1.84. The molecule has 3 heterocycles. The number of morpholine rings is 1. The minimum atomic E-state index is 0.201. The van der Waals surface area contributed by atoms with Gasteiger partial charge in [0.2, 0.25) is 5.91 Å². The first-order chi connectivity index (χ1) is 12.1. The molecule has 6 nitrogen and oxygen atoms in total. The summed E-state index contributed by atoms with van der Waals surface area (Å²) in [6, 6.07) is 2.45. The quantitative estimate of drug-likeness (QED) is 0.587. The normalized spacial score (nSPS) is 21.3. The standard InChI is InChI=1S/C18H28N4O2S/c1-14-3-6-19-18(20-14)25-13-17(23)22-7-4-16(5-8-22)15(2)21-9-11-24-12-10-21/h3,6,15-16H,4-5,7-13H2,1-2H3. The Morgan fingerprint density at radius 3 is 2.72 bits per heavy atom. The van der Waals surface area contributed by atoms with Crippen LogP contribution >= 0.6 is 11.8 Å². The minimum absolute atomic E-state index is 0.201. The number of thioether (sulfide) groups is 1. The topological polar surface area (TPSA) is 58.6 Å². The van der Waals surface area contributed by atoms with Gasteiger partial charge in [-0.3, -0.25) is 9.69 Å². The van der Waals surface area contributed by atoms with Crippen LogP contribution in [0.4, 0.5) is 0 Å². The van der Waals surface area contributed by atoms with E-state index in [0.717, 1.165) is 57.9 Å². The molecule has 0 radical (unpaired) electrons. The first-order valence-corrected chi connectivity index (χ1v) is 10.1. The van der Waals surface area contributed by atoms with E-state index < -0.39 is 0 Å². The van der Waals surface area contributed by atoms with Crippen LogP contribution in [0.2, 0.25) is 0 Å². The summed E-state index contributed by atoms with van der Waals surface area (Å²) in [6.07, 6.45) is 3.93. The van der Waals surface area contributed by atoms with Crippen molar-refractivity contribution in [1.82, 2.24) is 19.8 Å². The van der Waals surface area contributed by atoms with Gasteiger partial charge >= 0.3 is 0 Å². The number of hydrogen-bond donors (Lipinski definition) is 0. The molecule has 25 heavy (non-hydrogen) atoms. The number of rotatable bonds is 5. The lowest BCUT2D eigenvalue weighted by Crippen LogP contribution is -2.49. The van der Waals surface area contributed by atoms with Crippen LogP contribution in [0.25, 0.3) is 0 Å². The summed E-state index contributed by atoms with van der Waals surface area (Å²) in [6.45, 7) is 9.77. The summed E-state index contributed by atoms with van der Waals surface area (Å²) in [5, 5.41) is 0.684. The smallest absolute Gasteiger partial charge is 0.233 e. The molecule has 0 saturated carbocycles. The van der Waals surface area contributed by atoms with Crippen LogP contribution in [0.5, 0.6) is 0 Å². The maximum Gasteiger partial charge on any atom is 0.233 e. The Bertz CT molecular complexity index is 572. The van der Waals surface area contributed by atoms with Gasteiger partial charge in [-0.1, -0.05) is 11.8 Å². The summed E-state index contributed by atoms with van der Waals surface area (Å²) in [4.78, 5) is 25.6. The van der Waals surface area contributed by atoms with E-state index in [0.29, 0.717) is 22.9 Å². The molecule has 7 heteroatoms. The zero-order chi connectivity index (χ0) is 17.6. The fraction of sp³-hybridized carbons (Fsp3) is 0.722. The third kappa shape index (κ3) is 5.15. The van der Waals surface area contributed by atoms with E-state index in [4.69, 9.17) is 4.74 Å². The number of piperidine rings is 1. The Kier molecular flexibility index (Phi) is 6.67. The molecule has 1 atom stereocenters. The van der Waals surface area contributed by atoms with E-state index in [1.54, 1.807) is 6.20 Å². The van der Waals surface area contributed by atoms with Crippen LogP contribution < -0.4 is 0 Å². The molecule has 0 spiro atoms. The highest BCUT2D eigenvalue weighted by atomic mass is 32.2. The lowest BCUT2D eigenvalue weighted by molar-refractivity contribution is -0.130. The van der Waals surface area contributed by atoms with E-state index in [1.807, 2.05) is 17.9 Å². The average molecular weight is 365 g/mol. The highest BCUT2D eigenvalue weighted by molar-refractivity contribution is 7.99. The number of hydrogen-bond acceptors (Lipinski definition) is 6. The molecule has 2 fully saturated rings. The van der Waals surface area contributed by atoms with Gasteiger partial charge in [0.15, 0.2) is 5.16 Å². The van der Waals surface area contributed by atoms with Crippen LogP contribution in [-0.4, -0.2) is 76.9 Å². The molecular weight excluding hydrogens is 336 g/mol. The fourth-order valence-electron chi connectivity index (χ4n) is 3.63. The van der Waals surface area contributed by atoms with E-state index >= 15 is 0 Å². The van der Waals surface area contributed by atoms with Crippen molar-refractivity contribution in [1.29, 1.82) is 0 Å². The van der Waals surface area contributed by atoms with Crippen molar-refractivity contribution in [2.75, 3.05) is 45.1 Å². The molecule has 0 bridgehead atoms. The first-order valence-electron chi connectivity index (χ1n) is 9.15. The molecule has 1 aromatic rings. The highest BCUT2D eigenvalue weighted by Gasteiger charge is 2.30. The van der Waals surface area contributed by atoms with Gasteiger partial charge in [-0.15, -0.1) is 0 Å². The van der Waals surface area contributed by atoms with Gasteiger partial charge in [-0.2, -0.15) is 0 Å². The summed E-state index contributed by atoms with van der Waals surface area (Å²) in [5.74, 6) is 1.30. The minimum Gasteiger partial charge on any atom is -0.379 e. The molecule has 3 rings (SSSR count). The van der Waals surface area contributed by atoms with Crippen molar-refractivity contribution in [3.05, 3.63) is 18.0 Å². The number of aryl methyl sites for hydroxylation is 1. The molecule has 2 saturated heterocycles. The largest absolute Gasteiger partial charge is 0.379 e. The molecule has 0 aliphatic carbocycles. The maximum atomic E-state index is 12.5. The third-order valence-corrected chi connectivity index (χ3v) is 6.14. The Morgan fingerprint density at radius 2 is 2.04 bits per heavy atom. The van der Waals surface area contributed by atoms with Gasteiger partial charge in [0.1, 0.15) is 0 Å². The van der Waals surface area contributed by atoms with Crippen molar-refractivity contribution in [3.63, 3.8) is 0 Å². The van der Waals surface area contributed by atoms with Crippen LogP contribution in [0.15, 0.2) is 17.4 Å². The molecule has 138 valence electrons. The molecule has 1 amide bonds. The lowest BCUT2D eigenvalue weighted by atomic mass is 9.89. The van der Waals surface area contributed by atoms with Crippen molar-refractivity contribution in [3.8, 4) is 0 Å². The second-order valence-corrected chi connectivity index (χ2v) is 7.82. The Morgan fingerprint density at radius 1 is 1.32 bits per heavy atom. The molecule has 0 aromatic carbocycles. The van der Waals surface area contributed by atoms with Gasteiger partial charge in [-0.25, -0.2) is 9.97 Å². The molecule has 1 unspecified atom stereocenters. The second-order valence-electron chi connectivity index (χ2n) is 6.88. The average Bonchev–Trinajstić information content (AvgIpc) is 2.66. The Labute approximate surface area is 154 Å². The number of ether oxygens (including phenoxy) is 1. The van der Waals surface area contributed by atoms with Crippen LogP contribution in [0.3, 0.4) is 0 Å². The second kappa shape index (κ2) is 8.96. The van der Waals surface area contributed by atoms with Gasteiger partial charge in [0.25, 0.3) is 0 Å². The number of likely N-dealkylation sites (tertiary alicyclic amines) is 1. The van der Waals surface area contributed by atoms with Crippen LogP contribution in [-0.2, 0) is 9.53 Å². The number of nitrogens with zero attached hydrogens (tertiary/aromatic N) is 4. The molecular formula is C18H28N4O2S. The van der Waals surface area contributed by atoms with Gasteiger partial charge in [-0.05, 0) is 38.7 Å². The van der Waals surface area contributed by atoms with Crippen molar-refractivity contribution >= 4 is 17.7 Å². The van der Waals surface area contributed by atoms with E-state index in [2.05, 4.69) is 21.8 Å². The Hall–Kier alpha value is -1.18. The van der Waals surface area contributed by atoms with Crippen molar-refractivity contribution in [2.45, 2.75) is 37.9 Å². The summed E-state index contributed by atoms with van der Waals surface area (Å²) in [5.41, 5.74) is 0.933. The van der Waals surface area contributed by atoms with Gasteiger partial charge in [0, 0.05) is 44.1 Å². The highest BCUT2D eigenvalue weighted by Crippen LogP contribution is 2.25. The van der Waals surface area contributed by atoms with Crippen LogP contribution in [0.1, 0.15) is 25.5 Å². The number of aromatic nitrogens is 2. The fourth-order valence-corrected chi connectivity index (χ4v) is 4.41. The van der Waals surface area contributed by atoms with Crippen LogP contribution in [0, 0.1) is 12.8 Å². The monoisotopic (exact) mass is 364 g/mol. The molecule has 1 aromatic heterocycles.